The molecule has 1 aliphatic rings. The molecule has 0 unspecified atom stereocenters. The fraction of sp³-hybridized carbons (Fsp3) is 0. The van der Waals surface area contributed by atoms with Gasteiger partial charge in [-0.3, -0.25) is 14.7 Å². The Morgan fingerprint density at radius 3 is 2.15 bits per heavy atom. The van der Waals surface area contributed by atoms with Gasteiger partial charge in [-0.25, -0.2) is 4.99 Å². The minimum atomic E-state index is -0.167. The molecule has 0 atom stereocenters. The van der Waals surface area contributed by atoms with Crippen LogP contribution >= 0.6 is 0 Å². The van der Waals surface area contributed by atoms with E-state index in [-0.39, 0.29) is 5.91 Å². The third-order valence-corrected chi connectivity index (χ3v) is 4.12. The maximum atomic E-state index is 13.0. The van der Waals surface area contributed by atoms with Gasteiger partial charge in [-0.15, -0.1) is 0 Å². The Kier molecular flexibility index (Phi) is 4.70. The molecule has 1 amide bonds. The van der Waals surface area contributed by atoms with Crippen LogP contribution in [0.3, 0.4) is 0 Å². The molecule has 4 nitrogen and oxygen atoms in total. The second-order valence-corrected chi connectivity index (χ2v) is 6.01. The number of benzene rings is 2. The molecular formula is C23H17N3O. The number of aromatic nitrogens is 1. The average Bonchev–Trinajstić information content (AvgIpc) is 3.04. The molecule has 130 valence electrons. The summed E-state index contributed by atoms with van der Waals surface area (Å²) in [7, 11) is 0. The quantitative estimate of drug-likeness (QED) is 0.646. The van der Waals surface area contributed by atoms with Crippen molar-refractivity contribution in [3.05, 3.63) is 108 Å². The third-order valence-electron chi connectivity index (χ3n) is 4.12. The predicted molar refractivity (Wildman–Crippen MR) is 109 cm³/mol. The molecule has 0 aliphatic carbocycles. The molecule has 0 fully saturated rings. The molecule has 1 aromatic heterocycles. The molecule has 0 N–H and O–H groups in total. The second kappa shape index (κ2) is 7.62. The maximum absolute atomic E-state index is 13.0. The van der Waals surface area contributed by atoms with Crippen molar-refractivity contribution in [3.63, 3.8) is 0 Å². The van der Waals surface area contributed by atoms with Gasteiger partial charge in [0.25, 0.3) is 5.91 Å². The predicted octanol–water partition coefficient (Wildman–Crippen LogP) is 4.58. The van der Waals surface area contributed by atoms with Gasteiger partial charge in [0.1, 0.15) is 11.5 Å². The highest BCUT2D eigenvalue weighted by Gasteiger charge is 2.30. The summed E-state index contributed by atoms with van der Waals surface area (Å²) in [5, 5.41) is 0. The number of hydrogen-bond donors (Lipinski definition) is 0. The Morgan fingerprint density at radius 1 is 0.778 bits per heavy atom. The fourth-order valence-electron chi connectivity index (χ4n) is 2.82. The van der Waals surface area contributed by atoms with E-state index in [1.54, 1.807) is 29.4 Å². The van der Waals surface area contributed by atoms with Gasteiger partial charge in [0.2, 0.25) is 0 Å². The summed E-state index contributed by atoms with van der Waals surface area (Å²) in [4.78, 5) is 23.3. The van der Waals surface area contributed by atoms with Crippen molar-refractivity contribution in [2.24, 2.45) is 4.99 Å². The Morgan fingerprint density at radius 2 is 1.48 bits per heavy atom. The number of rotatable bonds is 4. The summed E-state index contributed by atoms with van der Waals surface area (Å²) in [5.41, 5.74) is 3.07. The van der Waals surface area contributed by atoms with Crippen molar-refractivity contribution in [2.75, 3.05) is 4.90 Å². The molecule has 2 aromatic carbocycles. The van der Waals surface area contributed by atoms with Crippen molar-refractivity contribution in [3.8, 4) is 0 Å². The number of carbonyl (C=O) groups excluding carboxylic acids is 1. The summed E-state index contributed by atoms with van der Waals surface area (Å²) in [5.74, 6) is 0.401. The van der Waals surface area contributed by atoms with Crippen molar-refractivity contribution in [1.82, 2.24) is 4.98 Å². The highest BCUT2D eigenvalue weighted by atomic mass is 16.2. The number of carbonyl (C=O) groups is 1. The number of anilines is 1. The highest BCUT2D eigenvalue weighted by Crippen LogP contribution is 2.25. The van der Waals surface area contributed by atoms with E-state index in [9.17, 15) is 4.79 Å². The fourth-order valence-corrected chi connectivity index (χ4v) is 2.82. The molecule has 0 spiro atoms. The van der Waals surface area contributed by atoms with E-state index >= 15 is 0 Å². The first-order chi connectivity index (χ1) is 13.3. The van der Waals surface area contributed by atoms with Gasteiger partial charge >= 0.3 is 0 Å². The minimum Gasteiger partial charge on any atom is -0.266 e. The monoisotopic (exact) mass is 351 g/mol. The lowest BCUT2D eigenvalue weighted by molar-refractivity contribution is -0.113. The van der Waals surface area contributed by atoms with Crippen LogP contribution in [0.5, 0.6) is 0 Å². The minimum absolute atomic E-state index is 0.167. The number of pyridine rings is 1. The average molecular weight is 351 g/mol. The number of amidine groups is 1. The van der Waals surface area contributed by atoms with E-state index in [0.717, 1.165) is 11.1 Å². The van der Waals surface area contributed by atoms with E-state index in [1.807, 2.05) is 78.9 Å². The van der Waals surface area contributed by atoms with Gasteiger partial charge in [-0.1, -0.05) is 66.7 Å². The summed E-state index contributed by atoms with van der Waals surface area (Å²) in [6.45, 7) is 0. The summed E-state index contributed by atoms with van der Waals surface area (Å²) in [6, 6.07) is 23.3. The van der Waals surface area contributed by atoms with Gasteiger partial charge in [-0.05, 0) is 35.4 Å². The second-order valence-electron chi connectivity index (χ2n) is 6.01. The van der Waals surface area contributed by atoms with Crippen LogP contribution in [0.4, 0.5) is 5.69 Å². The van der Waals surface area contributed by atoms with Crippen molar-refractivity contribution < 1.29 is 4.79 Å². The van der Waals surface area contributed by atoms with Crippen LogP contribution in [0, 0.1) is 0 Å². The molecule has 0 saturated heterocycles. The van der Waals surface area contributed by atoms with Crippen LogP contribution in [0.2, 0.25) is 0 Å². The molecule has 4 heteroatoms. The largest absolute Gasteiger partial charge is 0.282 e. The van der Waals surface area contributed by atoms with Gasteiger partial charge < -0.3 is 0 Å². The molecule has 4 rings (SSSR count). The molecule has 1 aliphatic heterocycles. The first-order valence-corrected chi connectivity index (χ1v) is 8.64. The molecule has 2 heterocycles. The number of aliphatic imine (C=N–C) groups is 1. The third kappa shape index (κ3) is 3.75. The lowest BCUT2D eigenvalue weighted by Crippen LogP contribution is -2.30. The van der Waals surface area contributed by atoms with Crippen LogP contribution in [0.1, 0.15) is 11.1 Å². The molecule has 0 radical (unpaired) electrons. The number of hydrogen-bond acceptors (Lipinski definition) is 3. The Hall–Kier alpha value is -3.79. The molecular weight excluding hydrogens is 334 g/mol. The SMILES string of the molecule is O=C1/C(=C/c2ccccc2)N=C(/C=C/c2ccccc2)N1c1cccnc1. The normalized spacial score (nSPS) is 15.6. The number of amides is 1. The summed E-state index contributed by atoms with van der Waals surface area (Å²) in [6.07, 6.45) is 8.94. The van der Waals surface area contributed by atoms with Crippen LogP contribution in [-0.4, -0.2) is 16.7 Å². The molecule has 0 saturated carbocycles. The first kappa shape index (κ1) is 16.7. The lowest BCUT2D eigenvalue weighted by Gasteiger charge is -2.15. The van der Waals surface area contributed by atoms with Crippen molar-refractivity contribution in [2.45, 2.75) is 0 Å². The topological polar surface area (TPSA) is 45.6 Å². The van der Waals surface area contributed by atoms with E-state index < -0.39 is 0 Å². The Balaban J connectivity index is 1.73. The van der Waals surface area contributed by atoms with Crippen LogP contribution in [-0.2, 0) is 4.79 Å². The first-order valence-electron chi connectivity index (χ1n) is 8.64. The standard InChI is InChI=1S/C23H17N3O/c27-23-21(16-19-10-5-2-6-11-19)25-22(14-13-18-8-3-1-4-9-18)26(23)20-12-7-15-24-17-20/h1-17H/b14-13+,21-16-. The zero-order chi connectivity index (χ0) is 18.5. The van der Waals surface area contributed by atoms with Gasteiger partial charge in [-0.2, -0.15) is 0 Å². The van der Waals surface area contributed by atoms with Crippen LogP contribution < -0.4 is 4.90 Å². The Labute approximate surface area is 157 Å². The molecule has 0 bridgehead atoms. The van der Waals surface area contributed by atoms with Gasteiger partial charge in [0.15, 0.2) is 0 Å². The smallest absolute Gasteiger partial charge is 0.266 e. The highest BCUT2D eigenvalue weighted by molar-refractivity contribution is 6.32. The van der Waals surface area contributed by atoms with Crippen molar-refractivity contribution >= 4 is 29.6 Å². The maximum Gasteiger partial charge on any atom is 0.282 e. The zero-order valence-electron chi connectivity index (χ0n) is 14.6. The number of nitrogens with zero attached hydrogens (tertiary/aromatic N) is 3. The van der Waals surface area contributed by atoms with E-state index in [4.69, 9.17) is 0 Å². The van der Waals surface area contributed by atoms with E-state index in [2.05, 4.69) is 9.98 Å². The zero-order valence-corrected chi connectivity index (χ0v) is 14.6. The molecule has 27 heavy (non-hydrogen) atoms. The van der Waals surface area contributed by atoms with Crippen molar-refractivity contribution in [1.29, 1.82) is 0 Å². The molecule has 3 aromatic rings. The summed E-state index contributed by atoms with van der Waals surface area (Å²) < 4.78 is 0. The van der Waals surface area contributed by atoms with Gasteiger partial charge in [0, 0.05) is 6.20 Å². The summed E-state index contributed by atoms with van der Waals surface area (Å²) >= 11 is 0. The van der Waals surface area contributed by atoms with Gasteiger partial charge in [0.05, 0.1) is 11.9 Å². The van der Waals surface area contributed by atoms with E-state index in [0.29, 0.717) is 17.2 Å². The van der Waals surface area contributed by atoms with Crippen LogP contribution in [0.25, 0.3) is 12.2 Å². The Bertz CT molecular complexity index is 1020. The van der Waals surface area contributed by atoms with Crippen LogP contribution in [0.15, 0.2) is 102 Å². The lowest BCUT2D eigenvalue weighted by atomic mass is 10.2. The van der Waals surface area contributed by atoms with E-state index in [1.165, 1.54) is 0 Å².